The summed E-state index contributed by atoms with van der Waals surface area (Å²) in [5.74, 6) is 0. The lowest BCUT2D eigenvalue weighted by atomic mass is 9.67. The van der Waals surface area contributed by atoms with E-state index >= 15 is 0 Å². The van der Waals surface area contributed by atoms with Gasteiger partial charge in [0.1, 0.15) is 0 Å². The SMILES string of the molecule is CCc1cc(CC)cc(-c2ccc(N(c3ccc4c(c3)C(c3ccccc3)(c3ccc(C)cc3)c3ccccc3-4)c3ccc4c(c3)C(c3ccc(C)cc3)(c3ccc(C)cc3)c3ccccc3-4)cc2)c1. The standard InChI is InChI=1S/C69H57N/c1-6-49-41-50(7-2)43-52(42-49)51-27-35-57(36-28-51)70(58-37-39-62-60-17-11-13-19-64(60)68(66(62)44-58,53-15-9-8-10-16-53)54-29-21-46(3)22-30-54)59-38-40-63-61-18-12-14-20-65(61)69(67(63)45-59,55-31-23-47(4)24-32-55)56-33-25-48(5)26-34-56/h8-45H,6-7H2,1-5H3. The van der Waals surface area contributed by atoms with E-state index in [1.54, 1.807) is 0 Å². The van der Waals surface area contributed by atoms with Gasteiger partial charge in [-0.15, -0.1) is 0 Å². The van der Waals surface area contributed by atoms with E-state index in [-0.39, 0.29) is 0 Å². The van der Waals surface area contributed by atoms with Gasteiger partial charge in [-0.3, -0.25) is 0 Å². The minimum atomic E-state index is -0.548. The van der Waals surface area contributed by atoms with E-state index in [2.05, 4.69) is 270 Å². The second kappa shape index (κ2) is 17.2. The van der Waals surface area contributed by atoms with E-state index in [4.69, 9.17) is 0 Å². The normalized spacial score (nSPS) is 14.9. The lowest BCUT2D eigenvalue weighted by molar-refractivity contribution is 0.766. The van der Waals surface area contributed by atoms with E-state index in [1.807, 2.05) is 0 Å². The summed E-state index contributed by atoms with van der Waals surface area (Å²) in [6, 6.07) is 88.0. The zero-order valence-corrected chi connectivity index (χ0v) is 40.8. The molecule has 0 saturated carbocycles. The zero-order valence-electron chi connectivity index (χ0n) is 40.8. The highest BCUT2D eigenvalue weighted by molar-refractivity contribution is 5.92. The molecule has 338 valence electrons. The van der Waals surface area contributed by atoms with Crippen LogP contribution in [0.3, 0.4) is 0 Å². The average molecular weight is 900 g/mol. The van der Waals surface area contributed by atoms with Crippen molar-refractivity contribution >= 4 is 17.1 Å². The molecule has 0 aromatic heterocycles. The van der Waals surface area contributed by atoms with Crippen LogP contribution in [0, 0.1) is 20.8 Å². The van der Waals surface area contributed by atoms with E-state index < -0.39 is 10.8 Å². The van der Waals surface area contributed by atoms with Crippen molar-refractivity contribution < 1.29 is 0 Å². The molecule has 0 fully saturated rings. The highest BCUT2D eigenvalue weighted by Crippen LogP contribution is 2.59. The first-order chi connectivity index (χ1) is 34.3. The summed E-state index contributed by atoms with van der Waals surface area (Å²) in [6.07, 6.45) is 2.02. The fourth-order valence-electron chi connectivity index (χ4n) is 12.1. The number of fused-ring (bicyclic) bond motifs is 6. The molecule has 1 heteroatoms. The predicted octanol–water partition coefficient (Wildman–Crippen LogP) is 17.6. The minimum Gasteiger partial charge on any atom is -0.310 e. The van der Waals surface area contributed by atoms with Gasteiger partial charge in [-0.2, -0.15) is 0 Å². The predicted molar refractivity (Wildman–Crippen MR) is 294 cm³/mol. The summed E-state index contributed by atoms with van der Waals surface area (Å²) in [5.41, 5.74) is 26.6. The Balaban J connectivity index is 1.12. The van der Waals surface area contributed by atoms with Gasteiger partial charge in [-0.25, -0.2) is 0 Å². The second-order valence-electron chi connectivity index (χ2n) is 19.6. The van der Waals surface area contributed by atoms with Crippen LogP contribution in [-0.2, 0) is 23.7 Å². The number of nitrogens with zero attached hydrogens (tertiary/aromatic N) is 1. The van der Waals surface area contributed by atoms with Crippen LogP contribution in [0.15, 0.2) is 231 Å². The van der Waals surface area contributed by atoms with Gasteiger partial charge in [-0.05, 0) is 159 Å². The Bertz CT molecular complexity index is 3490. The van der Waals surface area contributed by atoms with Crippen molar-refractivity contribution in [2.75, 3.05) is 4.90 Å². The largest absolute Gasteiger partial charge is 0.310 e. The fourth-order valence-corrected chi connectivity index (χ4v) is 12.1. The van der Waals surface area contributed by atoms with Gasteiger partial charge in [0.25, 0.3) is 0 Å². The lowest BCUT2D eigenvalue weighted by Gasteiger charge is -2.36. The van der Waals surface area contributed by atoms with Crippen molar-refractivity contribution in [2.45, 2.75) is 58.3 Å². The molecular weight excluding hydrogens is 843 g/mol. The summed E-state index contributed by atoms with van der Waals surface area (Å²) >= 11 is 0. The Morgan fingerprint density at radius 2 is 0.671 bits per heavy atom. The first-order valence-corrected chi connectivity index (χ1v) is 25.1. The monoisotopic (exact) mass is 899 g/mol. The lowest BCUT2D eigenvalue weighted by Crippen LogP contribution is -2.29. The number of rotatable bonds is 10. The number of benzene rings is 10. The van der Waals surface area contributed by atoms with Gasteiger partial charge < -0.3 is 4.90 Å². The maximum atomic E-state index is 2.51. The summed E-state index contributed by atoms with van der Waals surface area (Å²) in [4.78, 5) is 2.51. The van der Waals surface area contributed by atoms with Crippen molar-refractivity contribution in [1.29, 1.82) is 0 Å². The Morgan fingerprint density at radius 1 is 0.300 bits per heavy atom. The minimum absolute atomic E-state index is 0.542. The van der Waals surface area contributed by atoms with Gasteiger partial charge in [-0.1, -0.05) is 225 Å². The molecule has 0 radical (unpaired) electrons. The topological polar surface area (TPSA) is 3.24 Å². The second-order valence-corrected chi connectivity index (χ2v) is 19.6. The Labute approximate surface area is 414 Å². The number of hydrogen-bond acceptors (Lipinski definition) is 1. The third kappa shape index (κ3) is 6.74. The summed E-state index contributed by atoms with van der Waals surface area (Å²) in [7, 11) is 0. The highest BCUT2D eigenvalue weighted by atomic mass is 15.1. The molecule has 10 aromatic rings. The molecule has 2 aliphatic rings. The number of aryl methyl sites for hydroxylation is 5. The van der Waals surface area contributed by atoms with Gasteiger partial charge in [0.05, 0.1) is 10.8 Å². The number of anilines is 3. The van der Waals surface area contributed by atoms with Gasteiger partial charge in [0, 0.05) is 17.1 Å². The van der Waals surface area contributed by atoms with Crippen molar-refractivity contribution in [3.63, 3.8) is 0 Å². The van der Waals surface area contributed by atoms with E-state index in [9.17, 15) is 0 Å². The van der Waals surface area contributed by atoms with E-state index in [0.717, 1.165) is 29.9 Å². The molecule has 0 spiro atoms. The average Bonchev–Trinajstić information content (AvgIpc) is 3.87. The van der Waals surface area contributed by atoms with Crippen molar-refractivity contribution in [3.05, 3.63) is 303 Å². The smallest absolute Gasteiger partial charge is 0.0714 e. The fraction of sp³-hybridized carbons (Fsp3) is 0.130. The Kier molecular flexibility index (Phi) is 10.6. The zero-order chi connectivity index (χ0) is 47.6. The molecule has 1 nitrogen and oxygen atoms in total. The molecule has 1 unspecified atom stereocenters. The van der Waals surface area contributed by atoms with Crippen LogP contribution < -0.4 is 4.90 Å². The first-order valence-electron chi connectivity index (χ1n) is 25.1. The van der Waals surface area contributed by atoms with Crippen LogP contribution in [0.2, 0.25) is 0 Å². The van der Waals surface area contributed by atoms with E-state index in [1.165, 1.54) is 106 Å². The molecule has 0 saturated heterocycles. The van der Waals surface area contributed by atoms with Crippen molar-refractivity contribution in [2.24, 2.45) is 0 Å². The summed E-state index contributed by atoms with van der Waals surface area (Å²) < 4.78 is 0. The molecule has 2 aliphatic carbocycles. The van der Waals surface area contributed by atoms with Crippen molar-refractivity contribution in [3.8, 4) is 33.4 Å². The molecule has 70 heavy (non-hydrogen) atoms. The van der Waals surface area contributed by atoms with Crippen LogP contribution in [0.25, 0.3) is 33.4 Å². The molecular formula is C69H57N. The van der Waals surface area contributed by atoms with Crippen LogP contribution >= 0.6 is 0 Å². The third-order valence-corrected chi connectivity index (χ3v) is 15.6. The summed E-state index contributed by atoms with van der Waals surface area (Å²) in [5, 5.41) is 0. The molecule has 12 rings (SSSR count). The van der Waals surface area contributed by atoms with Crippen molar-refractivity contribution in [1.82, 2.24) is 0 Å². The molecule has 0 aliphatic heterocycles. The molecule has 0 heterocycles. The molecule has 0 N–H and O–H groups in total. The van der Waals surface area contributed by atoms with Crippen LogP contribution in [-0.4, -0.2) is 0 Å². The highest BCUT2D eigenvalue weighted by Gasteiger charge is 2.48. The Morgan fingerprint density at radius 3 is 1.10 bits per heavy atom. The maximum Gasteiger partial charge on any atom is 0.0714 e. The Hall–Kier alpha value is -8.00. The van der Waals surface area contributed by atoms with Gasteiger partial charge in [0.15, 0.2) is 0 Å². The van der Waals surface area contributed by atoms with Gasteiger partial charge in [0.2, 0.25) is 0 Å². The van der Waals surface area contributed by atoms with Crippen LogP contribution in [0.5, 0.6) is 0 Å². The molecule has 10 aromatic carbocycles. The molecule has 0 bridgehead atoms. The molecule has 1 atom stereocenters. The molecule has 0 amide bonds. The first kappa shape index (κ1) is 43.3. The quantitative estimate of drug-likeness (QED) is 0.132. The third-order valence-electron chi connectivity index (χ3n) is 15.6. The van der Waals surface area contributed by atoms with Crippen LogP contribution in [0.4, 0.5) is 17.1 Å². The van der Waals surface area contributed by atoms with Gasteiger partial charge >= 0.3 is 0 Å². The van der Waals surface area contributed by atoms with E-state index in [0.29, 0.717) is 0 Å². The van der Waals surface area contributed by atoms with Crippen LogP contribution in [0.1, 0.15) is 86.2 Å². The number of hydrogen-bond donors (Lipinski definition) is 0. The maximum absolute atomic E-state index is 2.51. The summed E-state index contributed by atoms with van der Waals surface area (Å²) in [6.45, 7) is 11.1.